The minimum Gasteiger partial charge on any atom is -0.497 e. The molecule has 0 N–H and O–H groups in total. The van der Waals surface area contributed by atoms with Gasteiger partial charge in [0.15, 0.2) is 0 Å². The third kappa shape index (κ3) is 3.38. The van der Waals surface area contributed by atoms with E-state index >= 15 is 0 Å². The lowest BCUT2D eigenvalue weighted by atomic mass is 9.80. The lowest BCUT2D eigenvalue weighted by Gasteiger charge is -2.43. The molecule has 3 heterocycles. The van der Waals surface area contributed by atoms with E-state index in [-0.39, 0.29) is 17.4 Å². The molecular weight excluding hydrogens is 360 g/mol. The predicted octanol–water partition coefficient (Wildman–Crippen LogP) is 2.83. The predicted molar refractivity (Wildman–Crippen MR) is 109 cm³/mol. The average molecular weight is 385 g/mol. The Morgan fingerprint density at radius 1 is 1.15 bits per heavy atom. The molecule has 2 bridgehead atoms. The van der Waals surface area contributed by atoms with Gasteiger partial charge in [-0.25, -0.2) is 0 Å². The van der Waals surface area contributed by atoms with Crippen LogP contribution in [0.1, 0.15) is 18.0 Å². The molecule has 1 saturated heterocycles. The standard InChI is InChI=1S/C21H24N2O3S/c1-26-17-5-3-15(4-6-17)18-7-8-19(24)23-11-14-9-16(21(18)23)12-22(10-14)20(25)13-27-2/h3-8,14,16H,9-13H2,1-2H3. The van der Waals surface area contributed by atoms with Crippen molar-refractivity contribution in [2.75, 3.05) is 32.2 Å². The van der Waals surface area contributed by atoms with Crippen LogP contribution in [0.4, 0.5) is 0 Å². The van der Waals surface area contributed by atoms with Crippen molar-refractivity contribution in [3.05, 3.63) is 52.4 Å². The smallest absolute Gasteiger partial charge is 0.250 e. The molecule has 2 aliphatic heterocycles. The number of hydrogen-bond acceptors (Lipinski definition) is 4. The Morgan fingerprint density at radius 3 is 2.63 bits per heavy atom. The number of piperidine rings is 1. The molecule has 0 spiro atoms. The van der Waals surface area contributed by atoms with Crippen molar-refractivity contribution >= 4 is 17.7 Å². The number of nitrogens with zero attached hydrogens (tertiary/aromatic N) is 2. The molecule has 5 nitrogen and oxygen atoms in total. The van der Waals surface area contributed by atoms with Crippen LogP contribution in [0.5, 0.6) is 5.75 Å². The Morgan fingerprint density at radius 2 is 1.93 bits per heavy atom. The summed E-state index contributed by atoms with van der Waals surface area (Å²) in [4.78, 5) is 27.0. The van der Waals surface area contributed by atoms with E-state index in [4.69, 9.17) is 4.74 Å². The van der Waals surface area contributed by atoms with Crippen LogP contribution < -0.4 is 10.3 Å². The van der Waals surface area contributed by atoms with E-state index in [9.17, 15) is 9.59 Å². The van der Waals surface area contributed by atoms with Crippen molar-refractivity contribution in [1.29, 1.82) is 0 Å². The Balaban J connectivity index is 1.75. The summed E-state index contributed by atoms with van der Waals surface area (Å²) in [5.74, 6) is 2.09. The van der Waals surface area contributed by atoms with Crippen LogP contribution in [-0.4, -0.2) is 47.6 Å². The van der Waals surface area contributed by atoms with Crippen LogP contribution in [0.15, 0.2) is 41.2 Å². The number of rotatable bonds is 4. The molecule has 0 saturated carbocycles. The maximum Gasteiger partial charge on any atom is 0.250 e. The zero-order valence-corrected chi connectivity index (χ0v) is 16.5. The number of hydrogen-bond donors (Lipinski definition) is 0. The van der Waals surface area contributed by atoms with E-state index in [0.717, 1.165) is 35.5 Å². The molecule has 2 aromatic rings. The van der Waals surface area contributed by atoms with Gasteiger partial charge in [-0.05, 0) is 42.4 Å². The van der Waals surface area contributed by atoms with Crippen molar-refractivity contribution in [3.8, 4) is 16.9 Å². The van der Waals surface area contributed by atoms with Crippen molar-refractivity contribution < 1.29 is 9.53 Å². The van der Waals surface area contributed by atoms with E-state index in [1.165, 1.54) is 0 Å². The summed E-state index contributed by atoms with van der Waals surface area (Å²) < 4.78 is 7.20. The number of aromatic nitrogens is 1. The summed E-state index contributed by atoms with van der Waals surface area (Å²) >= 11 is 1.56. The van der Waals surface area contributed by atoms with E-state index in [1.54, 1.807) is 24.9 Å². The summed E-state index contributed by atoms with van der Waals surface area (Å²) in [5, 5.41) is 0. The lowest BCUT2D eigenvalue weighted by Crippen LogP contribution is -2.49. The zero-order chi connectivity index (χ0) is 19.0. The maximum absolute atomic E-state index is 12.6. The Labute approximate surface area is 163 Å². The van der Waals surface area contributed by atoms with Crippen molar-refractivity contribution in [1.82, 2.24) is 9.47 Å². The fourth-order valence-electron chi connectivity index (χ4n) is 4.45. The highest BCUT2D eigenvalue weighted by atomic mass is 32.2. The van der Waals surface area contributed by atoms with Gasteiger partial charge in [-0.1, -0.05) is 12.1 Å². The molecule has 0 radical (unpaired) electrons. The summed E-state index contributed by atoms with van der Waals surface area (Å²) in [6, 6.07) is 11.5. The third-order valence-corrected chi connectivity index (χ3v) is 6.15. The van der Waals surface area contributed by atoms with Gasteiger partial charge >= 0.3 is 0 Å². The molecule has 1 aromatic heterocycles. The van der Waals surface area contributed by atoms with Crippen LogP contribution in [0.25, 0.3) is 11.1 Å². The molecule has 6 heteroatoms. The van der Waals surface area contributed by atoms with Gasteiger partial charge in [0.05, 0.1) is 12.9 Å². The van der Waals surface area contributed by atoms with Crippen molar-refractivity contribution in [3.63, 3.8) is 0 Å². The second-order valence-corrected chi connectivity index (χ2v) is 8.21. The van der Waals surface area contributed by atoms with Crippen LogP contribution in [0.2, 0.25) is 0 Å². The highest BCUT2D eigenvalue weighted by molar-refractivity contribution is 7.99. The molecular formula is C21H24N2O3S. The number of likely N-dealkylation sites (tertiary alicyclic amines) is 1. The molecule has 2 atom stereocenters. The van der Waals surface area contributed by atoms with Crippen LogP contribution in [-0.2, 0) is 11.3 Å². The number of methoxy groups -OCH3 is 1. The molecule has 2 aliphatic rings. The van der Waals surface area contributed by atoms with E-state index in [0.29, 0.717) is 24.8 Å². The van der Waals surface area contributed by atoms with Gasteiger partial charge < -0.3 is 14.2 Å². The largest absolute Gasteiger partial charge is 0.497 e. The fourth-order valence-corrected chi connectivity index (χ4v) is 4.88. The minimum atomic E-state index is 0.0563. The number of ether oxygens (including phenoxy) is 1. The van der Waals surface area contributed by atoms with E-state index < -0.39 is 0 Å². The summed E-state index contributed by atoms with van der Waals surface area (Å²) in [6.45, 7) is 2.15. The first-order valence-corrected chi connectivity index (χ1v) is 10.6. The minimum absolute atomic E-state index is 0.0563. The summed E-state index contributed by atoms with van der Waals surface area (Å²) in [5.41, 5.74) is 3.29. The first-order chi connectivity index (χ1) is 13.1. The SMILES string of the molecule is COc1ccc(-c2ccc(=O)n3c2C2CC(CN(C(=O)CSC)C2)C3)cc1. The Bertz CT molecular complexity index is 907. The molecule has 27 heavy (non-hydrogen) atoms. The van der Waals surface area contributed by atoms with Gasteiger partial charge in [-0.2, -0.15) is 11.8 Å². The summed E-state index contributed by atoms with van der Waals surface area (Å²) in [7, 11) is 1.65. The number of benzene rings is 1. The monoisotopic (exact) mass is 384 g/mol. The number of fused-ring (bicyclic) bond motifs is 4. The van der Waals surface area contributed by atoms with E-state index in [1.807, 2.05) is 46.1 Å². The molecule has 1 amide bonds. The Hall–Kier alpha value is -2.21. The van der Waals surface area contributed by atoms with Crippen LogP contribution in [0, 0.1) is 5.92 Å². The van der Waals surface area contributed by atoms with Gasteiger partial charge in [0.25, 0.3) is 5.56 Å². The average Bonchev–Trinajstić information content (AvgIpc) is 2.69. The second-order valence-electron chi connectivity index (χ2n) is 7.34. The lowest BCUT2D eigenvalue weighted by molar-refractivity contribution is -0.131. The summed E-state index contributed by atoms with van der Waals surface area (Å²) in [6.07, 6.45) is 3.00. The highest BCUT2D eigenvalue weighted by Gasteiger charge is 2.37. The van der Waals surface area contributed by atoms with Crippen molar-refractivity contribution in [2.45, 2.75) is 18.9 Å². The highest BCUT2D eigenvalue weighted by Crippen LogP contribution is 2.40. The quantitative estimate of drug-likeness (QED) is 0.813. The molecule has 1 aromatic carbocycles. The first kappa shape index (κ1) is 18.2. The topological polar surface area (TPSA) is 51.5 Å². The zero-order valence-electron chi connectivity index (χ0n) is 15.7. The van der Waals surface area contributed by atoms with Gasteiger partial charge in [0.1, 0.15) is 5.75 Å². The first-order valence-electron chi connectivity index (χ1n) is 9.25. The molecule has 4 rings (SSSR count). The molecule has 2 unspecified atom stereocenters. The molecule has 0 aliphatic carbocycles. The van der Waals surface area contributed by atoms with Crippen molar-refractivity contribution in [2.24, 2.45) is 5.92 Å². The third-order valence-electron chi connectivity index (χ3n) is 5.61. The number of amides is 1. The molecule has 142 valence electrons. The van der Waals surface area contributed by atoms with Gasteiger partial charge in [-0.15, -0.1) is 0 Å². The molecule has 1 fully saturated rings. The number of carbonyl (C=O) groups is 1. The fraction of sp³-hybridized carbons (Fsp3) is 0.429. The van der Waals surface area contributed by atoms with Gasteiger partial charge in [0, 0.05) is 42.9 Å². The van der Waals surface area contributed by atoms with Crippen LogP contribution >= 0.6 is 11.8 Å². The normalized spacial score (nSPS) is 20.9. The van der Waals surface area contributed by atoms with Gasteiger partial charge in [-0.3, -0.25) is 9.59 Å². The number of carbonyl (C=O) groups excluding carboxylic acids is 1. The van der Waals surface area contributed by atoms with E-state index in [2.05, 4.69) is 0 Å². The van der Waals surface area contributed by atoms with Crippen LogP contribution in [0.3, 0.4) is 0 Å². The number of pyridine rings is 1. The second kappa shape index (κ2) is 7.43. The maximum atomic E-state index is 12.6. The Kier molecular flexibility index (Phi) is 5.00. The van der Waals surface area contributed by atoms with Gasteiger partial charge in [0.2, 0.25) is 5.91 Å². The number of thioether (sulfide) groups is 1.